The lowest BCUT2D eigenvalue weighted by molar-refractivity contribution is 1.02. The molecule has 3 nitrogen and oxygen atoms in total. The molecular formula is C12H8ClN3. The molecule has 0 aliphatic heterocycles. The molecular weight excluding hydrogens is 222 g/mol. The second-order valence-corrected chi connectivity index (χ2v) is 3.75. The van der Waals surface area contributed by atoms with Crippen molar-refractivity contribution in [2.75, 3.05) is 0 Å². The fourth-order valence-electron chi connectivity index (χ4n) is 1.37. The van der Waals surface area contributed by atoms with Crippen LogP contribution < -0.4 is 0 Å². The molecule has 0 N–H and O–H groups in total. The monoisotopic (exact) mass is 229 g/mol. The molecule has 0 atom stereocenters. The van der Waals surface area contributed by atoms with Crippen molar-refractivity contribution in [1.29, 1.82) is 5.26 Å². The number of rotatable bonds is 2. The standard InChI is InChI=1S/C12H8ClN3/c13-10-3-1-9(2-4-10)5-11-6-12(7-14)16-8-15-11/h1-4,6,8H,5H2. The molecule has 0 spiro atoms. The Kier molecular flexibility index (Phi) is 3.13. The van der Waals surface area contributed by atoms with Gasteiger partial charge in [0.05, 0.1) is 0 Å². The molecule has 0 bridgehead atoms. The summed E-state index contributed by atoms with van der Waals surface area (Å²) in [5.41, 5.74) is 2.32. The Labute approximate surface area is 98.4 Å². The van der Waals surface area contributed by atoms with Gasteiger partial charge >= 0.3 is 0 Å². The molecule has 2 rings (SSSR count). The van der Waals surface area contributed by atoms with E-state index in [4.69, 9.17) is 16.9 Å². The summed E-state index contributed by atoms with van der Waals surface area (Å²) in [5, 5.41) is 9.42. The highest BCUT2D eigenvalue weighted by molar-refractivity contribution is 6.30. The minimum atomic E-state index is 0.388. The Bertz CT molecular complexity index is 529. The van der Waals surface area contributed by atoms with Crippen molar-refractivity contribution in [3.63, 3.8) is 0 Å². The third kappa shape index (κ3) is 2.56. The zero-order chi connectivity index (χ0) is 11.4. The minimum absolute atomic E-state index is 0.388. The van der Waals surface area contributed by atoms with Crippen LogP contribution in [0.15, 0.2) is 36.7 Å². The summed E-state index contributed by atoms with van der Waals surface area (Å²) in [7, 11) is 0. The summed E-state index contributed by atoms with van der Waals surface area (Å²) in [6, 6.07) is 11.2. The largest absolute Gasteiger partial charge is 0.241 e. The molecule has 16 heavy (non-hydrogen) atoms. The van der Waals surface area contributed by atoms with E-state index in [1.165, 1.54) is 6.33 Å². The van der Waals surface area contributed by atoms with Crippen LogP contribution in [-0.2, 0) is 6.42 Å². The zero-order valence-electron chi connectivity index (χ0n) is 8.39. The summed E-state index contributed by atoms with van der Waals surface area (Å²) < 4.78 is 0. The van der Waals surface area contributed by atoms with E-state index in [0.29, 0.717) is 17.1 Å². The van der Waals surface area contributed by atoms with Crippen LogP contribution in [0.2, 0.25) is 5.02 Å². The topological polar surface area (TPSA) is 49.6 Å². The van der Waals surface area contributed by atoms with Gasteiger partial charge in [-0.3, -0.25) is 0 Å². The predicted octanol–water partition coefficient (Wildman–Crippen LogP) is 2.59. The third-order valence-electron chi connectivity index (χ3n) is 2.14. The van der Waals surface area contributed by atoms with Gasteiger partial charge in [0.15, 0.2) is 0 Å². The Hall–Kier alpha value is -1.92. The van der Waals surface area contributed by atoms with Crippen molar-refractivity contribution < 1.29 is 0 Å². The first-order valence-electron chi connectivity index (χ1n) is 4.73. The van der Waals surface area contributed by atoms with Crippen molar-refractivity contribution in [3.05, 3.63) is 58.6 Å². The molecule has 78 valence electrons. The molecule has 0 saturated carbocycles. The van der Waals surface area contributed by atoms with E-state index in [-0.39, 0.29) is 0 Å². The van der Waals surface area contributed by atoms with Crippen molar-refractivity contribution in [1.82, 2.24) is 9.97 Å². The summed E-state index contributed by atoms with van der Waals surface area (Å²) in [6.07, 6.45) is 2.08. The van der Waals surface area contributed by atoms with Gasteiger partial charge in [-0.05, 0) is 23.8 Å². The fourth-order valence-corrected chi connectivity index (χ4v) is 1.49. The average molecular weight is 230 g/mol. The fraction of sp³-hybridized carbons (Fsp3) is 0.0833. The Morgan fingerprint density at radius 1 is 1.19 bits per heavy atom. The second-order valence-electron chi connectivity index (χ2n) is 3.31. The van der Waals surface area contributed by atoms with Crippen molar-refractivity contribution in [3.8, 4) is 6.07 Å². The minimum Gasteiger partial charge on any atom is -0.241 e. The van der Waals surface area contributed by atoms with Crippen LogP contribution in [0.25, 0.3) is 0 Å². The number of hydrogen-bond acceptors (Lipinski definition) is 3. The third-order valence-corrected chi connectivity index (χ3v) is 2.39. The first-order valence-corrected chi connectivity index (χ1v) is 5.11. The van der Waals surface area contributed by atoms with Gasteiger partial charge in [-0.15, -0.1) is 0 Å². The number of nitriles is 1. The van der Waals surface area contributed by atoms with Crippen LogP contribution in [0, 0.1) is 11.3 Å². The molecule has 1 aromatic heterocycles. The lowest BCUT2D eigenvalue weighted by atomic mass is 10.1. The number of halogens is 1. The number of aromatic nitrogens is 2. The Morgan fingerprint density at radius 3 is 2.62 bits per heavy atom. The van der Waals surface area contributed by atoms with Crippen LogP contribution in [-0.4, -0.2) is 9.97 Å². The Balaban J connectivity index is 2.21. The van der Waals surface area contributed by atoms with E-state index in [9.17, 15) is 0 Å². The van der Waals surface area contributed by atoms with Crippen LogP contribution >= 0.6 is 11.6 Å². The van der Waals surface area contributed by atoms with E-state index >= 15 is 0 Å². The van der Waals surface area contributed by atoms with Crippen molar-refractivity contribution >= 4 is 11.6 Å². The summed E-state index contributed by atoms with van der Waals surface area (Å²) >= 11 is 5.79. The van der Waals surface area contributed by atoms with Crippen LogP contribution in [0.5, 0.6) is 0 Å². The van der Waals surface area contributed by atoms with Crippen LogP contribution in [0.4, 0.5) is 0 Å². The summed E-state index contributed by atoms with van der Waals surface area (Å²) in [4.78, 5) is 7.93. The van der Waals surface area contributed by atoms with E-state index < -0.39 is 0 Å². The molecule has 2 aromatic rings. The Morgan fingerprint density at radius 2 is 1.94 bits per heavy atom. The second kappa shape index (κ2) is 4.73. The summed E-state index contributed by atoms with van der Waals surface area (Å²) in [5.74, 6) is 0. The smallest absolute Gasteiger partial charge is 0.144 e. The van der Waals surface area contributed by atoms with E-state index in [2.05, 4.69) is 9.97 Å². The number of nitrogens with zero attached hydrogens (tertiary/aromatic N) is 3. The van der Waals surface area contributed by atoms with Crippen molar-refractivity contribution in [2.45, 2.75) is 6.42 Å². The van der Waals surface area contributed by atoms with Gasteiger partial charge in [-0.1, -0.05) is 23.7 Å². The van der Waals surface area contributed by atoms with E-state index in [0.717, 1.165) is 11.3 Å². The highest BCUT2D eigenvalue weighted by Crippen LogP contribution is 2.12. The maximum Gasteiger partial charge on any atom is 0.144 e. The van der Waals surface area contributed by atoms with Gasteiger partial charge in [0.1, 0.15) is 18.1 Å². The average Bonchev–Trinajstić information content (AvgIpc) is 2.32. The lowest BCUT2D eigenvalue weighted by Crippen LogP contribution is -1.94. The molecule has 1 aromatic carbocycles. The quantitative estimate of drug-likeness (QED) is 0.795. The van der Waals surface area contributed by atoms with Crippen molar-refractivity contribution in [2.24, 2.45) is 0 Å². The highest BCUT2D eigenvalue weighted by Gasteiger charge is 2.00. The van der Waals surface area contributed by atoms with Gasteiger partial charge < -0.3 is 0 Å². The van der Waals surface area contributed by atoms with Gasteiger partial charge in [-0.25, -0.2) is 9.97 Å². The zero-order valence-corrected chi connectivity index (χ0v) is 9.15. The molecule has 0 saturated heterocycles. The molecule has 0 aliphatic rings. The number of hydrogen-bond donors (Lipinski definition) is 0. The lowest BCUT2D eigenvalue weighted by Gasteiger charge is -2.01. The first-order chi connectivity index (χ1) is 7.78. The van der Waals surface area contributed by atoms with E-state index in [1.807, 2.05) is 30.3 Å². The maximum absolute atomic E-state index is 8.71. The first kappa shape index (κ1) is 10.6. The molecule has 4 heteroatoms. The van der Waals surface area contributed by atoms with Gasteiger partial charge in [0, 0.05) is 17.1 Å². The van der Waals surface area contributed by atoms with Gasteiger partial charge in [0.25, 0.3) is 0 Å². The number of benzene rings is 1. The van der Waals surface area contributed by atoms with Gasteiger partial charge in [-0.2, -0.15) is 5.26 Å². The summed E-state index contributed by atoms with van der Waals surface area (Å²) in [6.45, 7) is 0. The normalized spacial score (nSPS) is 9.75. The molecule has 1 heterocycles. The highest BCUT2D eigenvalue weighted by atomic mass is 35.5. The molecule has 0 radical (unpaired) electrons. The molecule has 0 amide bonds. The van der Waals surface area contributed by atoms with E-state index in [1.54, 1.807) is 6.07 Å². The molecule has 0 fully saturated rings. The SMILES string of the molecule is N#Cc1cc(Cc2ccc(Cl)cc2)ncn1. The molecule has 0 aliphatic carbocycles. The van der Waals surface area contributed by atoms with Crippen LogP contribution in [0.1, 0.15) is 17.0 Å². The van der Waals surface area contributed by atoms with Gasteiger partial charge in [0.2, 0.25) is 0 Å². The predicted molar refractivity (Wildman–Crippen MR) is 61.0 cm³/mol. The maximum atomic E-state index is 8.71. The molecule has 0 unspecified atom stereocenters. The van der Waals surface area contributed by atoms with Crippen LogP contribution in [0.3, 0.4) is 0 Å².